The molecule has 10 heteroatoms. The lowest BCUT2D eigenvalue weighted by Gasteiger charge is -2.35. The molecule has 144 valence electrons. The number of halogens is 3. The van der Waals surface area contributed by atoms with Crippen LogP contribution in [0.4, 0.5) is 23.7 Å². The van der Waals surface area contributed by atoms with Gasteiger partial charge in [0.25, 0.3) is 5.56 Å². The molecule has 2 unspecified atom stereocenters. The number of amides is 2. The summed E-state index contributed by atoms with van der Waals surface area (Å²) >= 11 is 0. The zero-order valence-corrected chi connectivity index (χ0v) is 14.4. The summed E-state index contributed by atoms with van der Waals surface area (Å²) in [6.45, 7) is 0. The van der Waals surface area contributed by atoms with Gasteiger partial charge in [0.15, 0.2) is 0 Å². The lowest BCUT2D eigenvalue weighted by atomic mass is 9.99. The minimum atomic E-state index is -4.65. The van der Waals surface area contributed by atoms with Crippen molar-refractivity contribution in [1.29, 1.82) is 5.26 Å². The molecule has 2 aliphatic rings. The summed E-state index contributed by atoms with van der Waals surface area (Å²) in [6.07, 6.45) is -2.74. The molecular formula is C18H14F3N5O2. The van der Waals surface area contributed by atoms with Gasteiger partial charge < -0.3 is 10.2 Å². The number of carbonyl (C=O) groups excluding carboxylic acids is 1. The van der Waals surface area contributed by atoms with E-state index >= 15 is 0 Å². The van der Waals surface area contributed by atoms with E-state index in [9.17, 15) is 22.8 Å². The third-order valence-corrected chi connectivity index (χ3v) is 5.13. The van der Waals surface area contributed by atoms with Gasteiger partial charge in [-0.1, -0.05) is 0 Å². The molecular weight excluding hydrogens is 375 g/mol. The fourth-order valence-electron chi connectivity index (χ4n) is 3.97. The standard InChI is InChI=1S/C18H14F3N5O2/c19-18(20,21)13-3-1-11(5-10(13)8-22)23-17(28)26-12-2-4-14(26)16-9(6-12)7-15(27)24-25-16/h1,3,5,7,12,14H,2,4,6H2,(H,23,28)(H,24,27). The third-order valence-electron chi connectivity index (χ3n) is 5.13. The summed E-state index contributed by atoms with van der Waals surface area (Å²) < 4.78 is 38.8. The van der Waals surface area contributed by atoms with Crippen LogP contribution < -0.4 is 10.9 Å². The average Bonchev–Trinajstić information content (AvgIpc) is 2.95. The van der Waals surface area contributed by atoms with E-state index < -0.39 is 23.3 Å². The van der Waals surface area contributed by atoms with Crippen molar-refractivity contribution >= 4 is 11.7 Å². The molecule has 1 fully saturated rings. The lowest BCUT2D eigenvalue weighted by molar-refractivity contribution is -0.137. The van der Waals surface area contributed by atoms with Crippen LogP contribution in [-0.2, 0) is 12.6 Å². The normalized spacial score (nSPS) is 20.4. The van der Waals surface area contributed by atoms with E-state index in [1.54, 1.807) is 4.90 Å². The topological polar surface area (TPSA) is 102 Å². The summed E-state index contributed by atoms with van der Waals surface area (Å²) in [7, 11) is 0. The first kappa shape index (κ1) is 18.0. The van der Waals surface area contributed by atoms with Gasteiger partial charge in [0.1, 0.15) is 0 Å². The van der Waals surface area contributed by atoms with Gasteiger partial charge in [0.05, 0.1) is 28.9 Å². The molecule has 4 rings (SSSR count). The van der Waals surface area contributed by atoms with Gasteiger partial charge in [-0.15, -0.1) is 0 Å². The number of urea groups is 1. The maximum atomic E-state index is 12.9. The molecule has 1 aromatic heterocycles. The van der Waals surface area contributed by atoms with Gasteiger partial charge in [0.2, 0.25) is 0 Å². The first-order valence-corrected chi connectivity index (χ1v) is 8.57. The molecule has 2 bridgehead atoms. The Labute approximate surface area is 156 Å². The van der Waals surface area contributed by atoms with Crippen LogP contribution in [0.15, 0.2) is 29.1 Å². The average molecular weight is 389 g/mol. The van der Waals surface area contributed by atoms with E-state index in [1.165, 1.54) is 12.1 Å². The molecule has 7 nitrogen and oxygen atoms in total. The quantitative estimate of drug-likeness (QED) is 0.783. The minimum absolute atomic E-state index is 0.106. The van der Waals surface area contributed by atoms with Gasteiger partial charge >= 0.3 is 12.2 Å². The van der Waals surface area contributed by atoms with E-state index in [4.69, 9.17) is 5.26 Å². The number of hydrogen-bond acceptors (Lipinski definition) is 4. The fraction of sp³-hybridized carbons (Fsp3) is 0.333. The van der Waals surface area contributed by atoms with Crippen LogP contribution in [0, 0.1) is 11.3 Å². The Morgan fingerprint density at radius 1 is 1.32 bits per heavy atom. The number of nitrogens with zero attached hydrogens (tertiary/aromatic N) is 3. The molecule has 1 saturated heterocycles. The number of benzene rings is 1. The highest BCUT2D eigenvalue weighted by atomic mass is 19.4. The van der Waals surface area contributed by atoms with Gasteiger partial charge in [-0.05, 0) is 43.0 Å². The molecule has 1 aromatic carbocycles. The number of alkyl halides is 3. The Morgan fingerprint density at radius 3 is 2.82 bits per heavy atom. The van der Waals surface area contributed by atoms with E-state index in [0.29, 0.717) is 18.5 Å². The van der Waals surface area contributed by atoms with Crippen LogP contribution in [0.1, 0.15) is 41.3 Å². The van der Waals surface area contributed by atoms with Gasteiger partial charge in [-0.2, -0.15) is 23.5 Å². The predicted molar refractivity (Wildman–Crippen MR) is 91.3 cm³/mol. The second-order valence-corrected chi connectivity index (χ2v) is 6.80. The second-order valence-electron chi connectivity index (χ2n) is 6.80. The molecule has 0 spiro atoms. The van der Waals surface area contributed by atoms with Gasteiger partial charge in [0, 0.05) is 17.8 Å². The monoisotopic (exact) mass is 389 g/mol. The number of rotatable bonds is 1. The molecule has 0 aliphatic carbocycles. The molecule has 28 heavy (non-hydrogen) atoms. The van der Waals surface area contributed by atoms with Crippen molar-refractivity contribution < 1.29 is 18.0 Å². The van der Waals surface area contributed by atoms with Crippen LogP contribution >= 0.6 is 0 Å². The Bertz CT molecular complexity index is 1060. The van der Waals surface area contributed by atoms with Crippen LogP contribution in [-0.4, -0.2) is 27.2 Å². The van der Waals surface area contributed by atoms with Crippen LogP contribution in [0.3, 0.4) is 0 Å². The van der Waals surface area contributed by atoms with Crippen LogP contribution in [0.5, 0.6) is 0 Å². The Kier molecular flexibility index (Phi) is 4.10. The summed E-state index contributed by atoms with van der Waals surface area (Å²) in [5.74, 6) is 0. The molecule has 3 heterocycles. The number of H-pyrrole nitrogens is 1. The molecule has 2 N–H and O–H groups in total. The van der Waals surface area contributed by atoms with Crippen molar-refractivity contribution in [2.75, 3.05) is 5.32 Å². The lowest BCUT2D eigenvalue weighted by Crippen LogP contribution is -2.45. The van der Waals surface area contributed by atoms with Crippen molar-refractivity contribution in [2.24, 2.45) is 0 Å². The minimum Gasteiger partial charge on any atom is -0.313 e. The zero-order chi connectivity index (χ0) is 20.1. The largest absolute Gasteiger partial charge is 0.417 e. The first-order chi connectivity index (χ1) is 13.3. The Morgan fingerprint density at radius 2 is 2.11 bits per heavy atom. The van der Waals surface area contributed by atoms with Crippen molar-refractivity contribution in [1.82, 2.24) is 15.1 Å². The number of hydrogen-bond donors (Lipinski definition) is 2. The zero-order valence-electron chi connectivity index (χ0n) is 14.4. The predicted octanol–water partition coefficient (Wildman–Crippen LogP) is 2.95. The fourth-order valence-corrected chi connectivity index (χ4v) is 3.97. The third kappa shape index (κ3) is 2.98. The molecule has 2 aliphatic heterocycles. The number of aromatic nitrogens is 2. The van der Waals surface area contributed by atoms with E-state index in [0.717, 1.165) is 30.2 Å². The van der Waals surface area contributed by atoms with Crippen molar-refractivity contribution in [3.63, 3.8) is 0 Å². The molecule has 0 radical (unpaired) electrons. The first-order valence-electron chi connectivity index (χ1n) is 8.57. The number of anilines is 1. The van der Waals surface area contributed by atoms with Crippen LogP contribution in [0.2, 0.25) is 0 Å². The molecule has 0 saturated carbocycles. The smallest absolute Gasteiger partial charge is 0.313 e. The Hall–Kier alpha value is -3.35. The number of carbonyl (C=O) groups is 1. The van der Waals surface area contributed by atoms with Crippen molar-refractivity contribution in [3.8, 4) is 6.07 Å². The molecule has 2 aromatic rings. The molecule has 2 atom stereocenters. The van der Waals surface area contributed by atoms with Gasteiger partial charge in [-0.25, -0.2) is 9.89 Å². The highest BCUT2D eigenvalue weighted by Crippen LogP contribution is 2.42. The highest BCUT2D eigenvalue weighted by Gasteiger charge is 2.44. The number of nitriles is 1. The van der Waals surface area contributed by atoms with Crippen LogP contribution in [0.25, 0.3) is 0 Å². The van der Waals surface area contributed by atoms with Crippen molar-refractivity contribution in [3.05, 3.63) is 57.0 Å². The number of nitrogens with one attached hydrogen (secondary N) is 2. The van der Waals surface area contributed by atoms with E-state index in [-0.39, 0.29) is 23.3 Å². The summed E-state index contributed by atoms with van der Waals surface area (Å²) in [5.41, 5.74) is -0.362. The SMILES string of the molecule is N#Cc1cc(NC(=O)N2C3CCC2c2n[nH]c(=O)cc2C3)ccc1C(F)(F)F. The summed E-state index contributed by atoms with van der Waals surface area (Å²) in [6, 6.07) is 5.00. The number of fused-ring (bicyclic) bond motifs is 4. The van der Waals surface area contributed by atoms with Gasteiger partial charge in [-0.3, -0.25) is 4.79 Å². The summed E-state index contributed by atoms with van der Waals surface area (Å²) in [4.78, 5) is 25.9. The van der Waals surface area contributed by atoms with Crippen molar-refractivity contribution in [2.45, 2.75) is 37.5 Å². The van der Waals surface area contributed by atoms with E-state index in [2.05, 4.69) is 15.5 Å². The maximum Gasteiger partial charge on any atom is 0.417 e. The Balaban J connectivity index is 1.59. The molecule has 2 amide bonds. The number of aromatic amines is 1. The maximum absolute atomic E-state index is 12.9. The summed E-state index contributed by atoms with van der Waals surface area (Å²) in [5, 5.41) is 18.0. The van der Waals surface area contributed by atoms with E-state index in [1.807, 2.05) is 0 Å². The second kappa shape index (κ2) is 6.37. The highest BCUT2D eigenvalue weighted by molar-refractivity contribution is 5.90.